The summed E-state index contributed by atoms with van der Waals surface area (Å²) in [5.41, 5.74) is 0.957. The van der Waals surface area contributed by atoms with E-state index in [1.165, 1.54) is 44.4 Å². The predicted octanol–water partition coefficient (Wildman–Crippen LogP) is 3.61. The average Bonchev–Trinajstić information content (AvgIpc) is 2.46. The smallest absolute Gasteiger partial charge is 0.165 e. The Labute approximate surface area is 121 Å². The molecule has 1 N–H and O–H groups in total. The van der Waals surface area contributed by atoms with Crippen molar-refractivity contribution in [2.45, 2.75) is 19.6 Å². The molecule has 21 heavy (non-hydrogen) atoms. The molecule has 2 rings (SSSR count). The largest absolute Gasteiger partial charge is 0.494 e. The Bertz CT molecular complexity index is 627. The van der Waals surface area contributed by atoms with Gasteiger partial charge in [0.1, 0.15) is 18.2 Å². The minimum absolute atomic E-state index is 0.103. The van der Waals surface area contributed by atoms with Crippen LogP contribution in [0, 0.1) is 11.6 Å². The van der Waals surface area contributed by atoms with Gasteiger partial charge in [0, 0.05) is 5.56 Å². The molecule has 0 aliphatic heterocycles. The number of ether oxygens (including phenoxy) is 2. The molecule has 0 unspecified atom stereocenters. The molecule has 0 saturated heterocycles. The third kappa shape index (κ3) is 3.70. The number of hydrogen-bond donors (Lipinski definition) is 1. The van der Waals surface area contributed by atoms with E-state index in [9.17, 15) is 13.9 Å². The van der Waals surface area contributed by atoms with Gasteiger partial charge >= 0.3 is 0 Å². The second-order valence-electron chi connectivity index (χ2n) is 4.62. The zero-order valence-corrected chi connectivity index (χ0v) is 11.8. The van der Waals surface area contributed by atoms with Crippen LogP contribution in [-0.2, 0) is 6.61 Å². The normalized spacial score (nSPS) is 12.0. The fraction of sp³-hybridized carbons (Fsp3) is 0.250. The highest BCUT2D eigenvalue weighted by Gasteiger charge is 2.11. The van der Waals surface area contributed by atoms with E-state index in [1.807, 2.05) is 0 Å². The molecule has 1 atom stereocenters. The fourth-order valence-corrected chi connectivity index (χ4v) is 1.94. The van der Waals surface area contributed by atoms with E-state index in [1.54, 1.807) is 6.07 Å². The molecule has 0 amide bonds. The van der Waals surface area contributed by atoms with Gasteiger partial charge in [0.2, 0.25) is 0 Å². The van der Waals surface area contributed by atoms with Gasteiger partial charge in [-0.25, -0.2) is 8.78 Å². The standard InChI is InChI=1S/C16H16F2O3/c1-10(19)13-8-12(17)4-6-15(13)21-9-11-3-5-16(20-2)14(18)7-11/h3-8,10,19H,9H2,1-2H3/t10-/m1/s1. The second-order valence-corrected chi connectivity index (χ2v) is 4.62. The third-order valence-corrected chi connectivity index (χ3v) is 3.03. The molecule has 3 nitrogen and oxygen atoms in total. The van der Waals surface area contributed by atoms with Gasteiger partial charge in [-0.1, -0.05) is 6.07 Å². The quantitative estimate of drug-likeness (QED) is 0.915. The Morgan fingerprint density at radius 3 is 2.43 bits per heavy atom. The Morgan fingerprint density at radius 1 is 1.10 bits per heavy atom. The number of rotatable bonds is 5. The second kappa shape index (κ2) is 6.54. The molecule has 112 valence electrons. The van der Waals surface area contributed by atoms with Gasteiger partial charge in [-0.15, -0.1) is 0 Å². The van der Waals surface area contributed by atoms with Crippen molar-refractivity contribution in [2.24, 2.45) is 0 Å². The molecule has 2 aromatic carbocycles. The zero-order chi connectivity index (χ0) is 15.4. The van der Waals surface area contributed by atoms with Crippen molar-refractivity contribution in [2.75, 3.05) is 7.11 Å². The van der Waals surface area contributed by atoms with Crippen LogP contribution in [0.4, 0.5) is 8.78 Å². The molecular formula is C16H16F2O3. The lowest BCUT2D eigenvalue weighted by Crippen LogP contribution is -2.02. The minimum Gasteiger partial charge on any atom is -0.494 e. The number of aliphatic hydroxyl groups excluding tert-OH is 1. The molecule has 2 aromatic rings. The summed E-state index contributed by atoms with van der Waals surface area (Å²) in [4.78, 5) is 0. The first kappa shape index (κ1) is 15.3. The van der Waals surface area contributed by atoms with Gasteiger partial charge in [-0.05, 0) is 42.8 Å². The van der Waals surface area contributed by atoms with E-state index in [0.29, 0.717) is 16.9 Å². The van der Waals surface area contributed by atoms with Crippen LogP contribution in [0.3, 0.4) is 0 Å². The van der Waals surface area contributed by atoms with Crippen LogP contribution >= 0.6 is 0 Å². The summed E-state index contributed by atoms with van der Waals surface area (Å²) in [6.45, 7) is 1.63. The summed E-state index contributed by atoms with van der Waals surface area (Å²) in [5.74, 6) is -0.407. The molecule has 0 aliphatic rings. The van der Waals surface area contributed by atoms with Crippen molar-refractivity contribution < 1.29 is 23.4 Å². The van der Waals surface area contributed by atoms with E-state index in [2.05, 4.69) is 0 Å². The van der Waals surface area contributed by atoms with Gasteiger partial charge < -0.3 is 14.6 Å². The van der Waals surface area contributed by atoms with E-state index in [4.69, 9.17) is 9.47 Å². The summed E-state index contributed by atoms with van der Waals surface area (Å²) in [5, 5.41) is 9.62. The van der Waals surface area contributed by atoms with Crippen LogP contribution in [0.2, 0.25) is 0 Å². The minimum atomic E-state index is -0.858. The summed E-state index contributed by atoms with van der Waals surface area (Å²) >= 11 is 0. The Hall–Kier alpha value is -2.14. The van der Waals surface area contributed by atoms with Gasteiger partial charge in [0.25, 0.3) is 0 Å². The highest BCUT2D eigenvalue weighted by atomic mass is 19.1. The Morgan fingerprint density at radius 2 is 1.81 bits per heavy atom. The van der Waals surface area contributed by atoms with Crippen LogP contribution < -0.4 is 9.47 Å². The van der Waals surface area contributed by atoms with Gasteiger partial charge in [0.05, 0.1) is 13.2 Å². The lowest BCUT2D eigenvalue weighted by molar-refractivity contribution is 0.189. The number of benzene rings is 2. The Balaban J connectivity index is 2.15. The van der Waals surface area contributed by atoms with Crippen molar-refractivity contribution in [3.8, 4) is 11.5 Å². The monoisotopic (exact) mass is 294 g/mol. The van der Waals surface area contributed by atoms with Crippen molar-refractivity contribution in [1.82, 2.24) is 0 Å². The predicted molar refractivity (Wildman–Crippen MR) is 74.3 cm³/mol. The number of halogens is 2. The molecule has 0 fully saturated rings. The zero-order valence-electron chi connectivity index (χ0n) is 11.8. The van der Waals surface area contributed by atoms with Crippen molar-refractivity contribution in [3.63, 3.8) is 0 Å². The third-order valence-electron chi connectivity index (χ3n) is 3.03. The maximum atomic E-state index is 13.6. The number of hydrogen-bond acceptors (Lipinski definition) is 3. The first-order valence-electron chi connectivity index (χ1n) is 6.44. The van der Waals surface area contributed by atoms with Crippen LogP contribution in [0.15, 0.2) is 36.4 Å². The van der Waals surface area contributed by atoms with Crippen molar-refractivity contribution >= 4 is 0 Å². The maximum Gasteiger partial charge on any atom is 0.165 e. The lowest BCUT2D eigenvalue weighted by Gasteiger charge is -2.14. The lowest BCUT2D eigenvalue weighted by atomic mass is 10.1. The first-order valence-corrected chi connectivity index (χ1v) is 6.44. The molecular weight excluding hydrogens is 278 g/mol. The van der Waals surface area contributed by atoms with Gasteiger partial charge in [-0.2, -0.15) is 0 Å². The number of aliphatic hydroxyl groups is 1. The summed E-state index contributed by atoms with van der Waals surface area (Å²) in [6, 6.07) is 8.40. The average molecular weight is 294 g/mol. The van der Waals surface area contributed by atoms with Crippen LogP contribution in [0.5, 0.6) is 11.5 Å². The number of methoxy groups -OCH3 is 1. The Kier molecular flexibility index (Phi) is 4.75. The summed E-state index contributed by atoms with van der Waals surface area (Å²) in [7, 11) is 1.39. The summed E-state index contributed by atoms with van der Waals surface area (Å²) in [6.07, 6.45) is -0.858. The molecule has 5 heteroatoms. The van der Waals surface area contributed by atoms with Gasteiger partial charge in [-0.3, -0.25) is 0 Å². The van der Waals surface area contributed by atoms with E-state index in [-0.39, 0.29) is 12.4 Å². The molecule has 0 radical (unpaired) electrons. The van der Waals surface area contributed by atoms with Crippen molar-refractivity contribution in [1.29, 1.82) is 0 Å². The molecule has 0 aliphatic carbocycles. The highest BCUT2D eigenvalue weighted by Crippen LogP contribution is 2.27. The molecule has 0 saturated carbocycles. The van der Waals surface area contributed by atoms with Crippen LogP contribution in [0.1, 0.15) is 24.2 Å². The van der Waals surface area contributed by atoms with E-state index < -0.39 is 17.7 Å². The molecule has 0 spiro atoms. The van der Waals surface area contributed by atoms with E-state index in [0.717, 1.165) is 0 Å². The molecule has 0 bridgehead atoms. The fourth-order valence-electron chi connectivity index (χ4n) is 1.94. The van der Waals surface area contributed by atoms with Crippen molar-refractivity contribution in [3.05, 3.63) is 59.2 Å². The van der Waals surface area contributed by atoms with Crippen LogP contribution in [0.25, 0.3) is 0 Å². The van der Waals surface area contributed by atoms with E-state index >= 15 is 0 Å². The van der Waals surface area contributed by atoms with Crippen LogP contribution in [-0.4, -0.2) is 12.2 Å². The summed E-state index contributed by atoms with van der Waals surface area (Å²) < 4.78 is 37.1. The highest BCUT2D eigenvalue weighted by molar-refractivity contribution is 5.36. The first-order chi connectivity index (χ1) is 10.0. The SMILES string of the molecule is COc1ccc(COc2ccc(F)cc2[C@@H](C)O)cc1F. The topological polar surface area (TPSA) is 38.7 Å². The molecule has 0 heterocycles. The maximum absolute atomic E-state index is 13.6. The molecule has 0 aromatic heterocycles. The van der Waals surface area contributed by atoms with Gasteiger partial charge in [0.15, 0.2) is 11.6 Å².